The number of amides is 1. The van der Waals surface area contributed by atoms with Crippen LogP contribution in [0.1, 0.15) is 57.5 Å². The van der Waals surface area contributed by atoms with Crippen LogP contribution >= 0.6 is 0 Å². The number of Topliss-reactive ketones (excluding diaryl/α,β-unsaturated/α-hetero) is 1. The maximum atomic E-state index is 13.4. The molecule has 27 heavy (non-hydrogen) atoms. The maximum Gasteiger partial charge on any atom is 0.269 e. The molecule has 1 aliphatic rings. The van der Waals surface area contributed by atoms with Gasteiger partial charge in [-0.05, 0) is 44.9 Å². The van der Waals surface area contributed by atoms with Gasteiger partial charge in [0.1, 0.15) is 11.3 Å². The molecular formula is C22H26N2O3. The number of hydrogen-bond acceptors (Lipinski definition) is 4. The predicted molar refractivity (Wildman–Crippen MR) is 105 cm³/mol. The first-order valence-electron chi connectivity index (χ1n) is 9.25. The van der Waals surface area contributed by atoms with Gasteiger partial charge in [-0.15, -0.1) is 0 Å². The van der Waals surface area contributed by atoms with Crippen LogP contribution in [0.5, 0.6) is 5.75 Å². The van der Waals surface area contributed by atoms with E-state index in [2.05, 4.69) is 0 Å². The van der Waals surface area contributed by atoms with Crippen LogP contribution in [0.4, 0.5) is 0 Å². The number of ketones is 1. The van der Waals surface area contributed by atoms with Crippen molar-refractivity contribution in [3.8, 4) is 5.75 Å². The summed E-state index contributed by atoms with van der Waals surface area (Å²) in [5.41, 5.74) is 1.78. The second-order valence-electron chi connectivity index (χ2n) is 7.25. The summed E-state index contributed by atoms with van der Waals surface area (Å²) in [4.78, 5) is 26.6. The molecule has 142 valence electrons. The average Bonchev–Trinajstić information content (AvgIpc) is 3.17. The van der Waals surface area contributed by atoms with Crippen molar-refractivity contribution < 1.29 is 14.3 Å². The Morgan fingerprint density at radius 1 is 1.07 bits per heavy atom. The van der Waals surface area contributed by atoms with Crippen molar-refractivity contribution in [3.63, 3.8) is 0 Å². The van der Waals surface area contributed by atoms with Crippen molar-refractivity contribution in [2.45, 2.75) is 45.1 Å². The first-order chi connectivity index (χ1) is 12.9. The van der Waals surface area contributed by atoms with E-state index < -0.39 is 5.54 Å². The minimum absolute atomic E-state index is 0.0832. The Morgan fingerprint density at radius 3 is 2.37 bits per heavy atom. The second-order valence-corrected chi connectivity index (χ2v) is 7.25. The van der Waals surface area contributed by atoms with Crippen molar-refractivity contribution in [3.05, 3.63) is 64.7 Å². The number of aryl methyl sites for hydroxylation is 1. The molecule has 5 heteroatoms. The monoisotopic (exact) mass is 366 g/mol. The summed E-state index contributed by atoms with van der Waals surface area (Å²) in [5.74, 6) is 6.54. The molecule has 5 nitrogen and oxygen atoms in total. The first-order valence-corrected chi connectivity index (χ1v) is 9.25. The third-order valence-electron chi connectivity index (χ3n) is 5.55. The van der Waals surface area contributed by atoms with E-state index in [-0.39, 0.29) is 11.7 Å². The Hall–Kier alpha value is -2.66. The Morgan fingerprint density at radius 2 is 1.74 bits per heavy atom. The molecule has 2 aromatic carbocycles. The molecule has 1 saturated carbocycles. The van der Waals surface area contributed by atoms with Crippen LogP contribution in [0.3, 0.4) is 0 Å². The summed E-state index contributed by atoms with van der Waals surface area (Å²) in [6.45, 7) is 3.77. The Balaban J connectivity index is 2.00. The van der Waals surface area contributed by atoms with Gasteiger partial charge in [0, 0.05) is 16.7 Å². The molecule has 1 amide bonds. The number of rotatable bonds is 5. The average molecular weight is 366 g/mol. The summed E-state index contributed by atoms with van der Waals surface area (Å²) in [7, 11) is 1.57. The molecule has 1 aliphatic carbocycles. The summed E-state index contributed by atoms with van der Waals surface area (Å²) >= 11 is 0. The van der Waals surface area contributed by atoms with E-state index in [1.165, 1.54) is 5.01 Å². The second kappa shape index (κ2) is 7.53. The fourth-order valence-corrected chi connectivity index (χ4v) is 3.98. The van der Waals surface area contributed by atoms with E-state index >= 15 is 0 Å². The highest BCUT2D eigenvalue weighted by atomic mass is 16.5. The smallest absolute Gasteiger partial charge is 0.269 e. The molecule has 0 saturated heterocycles. The fraction of sp³-hybridized carbons (Fsp3) is 0.364. The molecule has 2 aromatic rings. The first kappa shape index (κ1) is 19.1. The van der Waals surface area contributed by atoms with E-state index in [1.807, 2.05) is 32.0 Å². The highest BCUT2D eigenvalue weighted by Crippen LogP contribution is 2.38. The van der Waals surface area contributed by atoms with E-state index in [9.17, 15) is 9.59 Å². The fourth-order valence-electron chi connectivity index (χ4n) is 3.98. The zero-order chi connectivity index (χ0) is 19.6. The number of hydrazine groups is 1. The quantitative estimate of drug-likeness (QED) is 0.378. The van der Waals surface area contributed by atoms with Crippen molar-refractivity contribution in [2.75, 3.05) is 7.11 Å². The molecular weight excluding hydrogens is 340 g/mol. The molecule has 0 aliphatic heterocycles. The minimum Gasteiger partial charge on any atom is -0.496 e. The number of benzene rings is 2. The van der Waals surface area contributed by atoms with Crippen molar-refractivity contribution in [1.29, 1.82) is 0 Å². The molecule has 3 rings (SSSR count). The van der Waals surface area contributed by atoms with Gasteiger partial charge in [0.2, 0.25) is 0 Å². The lowest BCUT2D eigenvalue weighted by atomic mass is 9.85. The lowest BCUT2D eigenvalue weighted by Gasteiger charge is -2.37. The molecule has 2 N–H and O–H groups in total. The summed E-state index contributed by atoms with van der Waals surface area (Å²) in [6, 6.07) is 12.7. The van der Waals surface area contributed by atoms with Gasteiger partial charge in [0.05, 0.1) is 7.11 Å². The van der Waals surface area contributed by atoms with E-state index in [1.54, 1.807) is 31.4 Å². The van der Waals surface area contributed by atoms with Crippen molar-refractivity contribution in [2.24, 2.45) is 5.84 Å². The van der Waals surface area contributed by atoms with Crippen LogP contribution in [0.25, 0.3) is 0 Å². The van der Waals surface area contributed by atoms with Crippen LogP contribution in [0.2, 0.25) is 0 Å². The number of methoxy groups -OCH3 is 1. The van der Waals surface area contributed by atoms with Gasteiger partial charge in [-0.1, -0.05) is 42.7 Å². The SMILES string of the molecule is COc1cccc(C(=O)N(N)C2(C(=O)c3cccc(C)c3)CCCC2)c1C. The third-order valence-corrected chi connectivity index (χ3v) is 5.55. The van der Waals surface area contributed by atoms with Crippen LogP contribution in [-0.4, -0.2) is 29.3 Å². The van der Waals surface area contributed by atoms with E-state index in [0.29, 0.717) is 29.7 Å². The highest BCUT2D eigenvalue weighted by molar-refractivity contribution is 6.07. The van der Waals surface area contributed by atoms with Gasteiger partial charge in [0.15, 0.2) is 5.78 Å². The largest absolute Gasteiger partial charge is 0.496 e. The number of carbonyl (C=O) groups excluding carboxylic acids is 2. The van der Waals surface area contributed by atoms with Crippen LogP contribution in [0, 0.1) is 13.8 Å². The molecule has 1 fully saturated rings. The van der Waals surface area contributed by atoms with Crippen molar-refractivity contribution in [1.82, 2.24) is 5.01 Å². The molecule has 0 radical (unpaired) electrons. The molecule has 0 bridgehead atoms. The summed E-state index contributed by atoms with van der Waals surface area (Å²) in [6.07, 6.45) is 2.89. The molecule has 0 aromatic heterocycles. The van der Waals surface area contributed by atoms with E-state index in [4.69, 9.17) is 10.6 Å². The summed E-state index contributed by atoms with van der Waals surface area (Å²) in [5, 5.41) is 1.17. The van der Waals surface area contributed by atoms with Gasteiger partial charge in [0.25, 0.3) is 5.91 Å². The van der Waals surface area contributed by atoms with Gasteiger partial charge < -0.3 is 4.74 Å². The Bertz CT molecular complexity index is 870. The Kier molecular flexibility index (Phi) is 5.33. The lowest BCUT2D eigenvalue weighted by Crippen LogP contribution is -2.59. The number of nitrogens with two attached hydrogens (primary N) is 1. The Labute approximate surface area is 160 Å². The lowest BCUT2D eigenvalue weighted by molar-refractivity contribution is 0.0411. The van der Waals surface area contributed by atoms with Gasteiger partial charge in [-0.2, -0.15) is 0 Å². The number of ether oxygens (including phenoxy) is 1. The number of carbonyl (C=O) groups is 2. The summed E-state index contributed by atoms with van der Waals surface area (Å²) < 4.78 is 5.32. The van der Waals surface area contributed by atoms with Gasteiger partial charge in [-0.25, -0.2) is 5.84 Å². The van der Waals surface area contributed by atoms with Crippen LogP contribution < -0.4 is 10.6 Å². The maximum absolute atomic E-state index is 13.4. The zero-order valence-electron chi connectivity index (χ0n) is 16.1. The van der Waals surface area contributed by atoms with Crippen LogP contribution in [-0.2, 0) is 0 Å². The molecule has 0 atom stereocenters. The zero-order valence-corrected chi connectivity index (χ0v) is 16.1. The topological polar surface area (TPSA) is 72.6 Å². The predicted octanol–water partition coefficient (Wildman–Crippen LogP) is 3.82. The van der Waals surface area contributed by atoms with Gasteiger partial charge >= 0.3 is 0 Å². The van der Waals surface area contributed by atoms with Crippen molar-refractivity contribution >= 4 is 11.7 Å². The molecule has 0 spiro atoms. The normalized spacial score (nSPS) is 15.4. The highest BCUT2D eigenvalue weighted by Gasteiger charge is 2.48. The van der Waals surface area contributed by atoms with Crippen LogP contribution in [0.15, 0.2) is 42.5 Å². The van der Waals surface area contributed by atoms with Gasteiger partial charge in [-0.3, -0.25) is 14.6 Å². The number of hydrogen-bond donors (Lipinski definition) is 1. The third kappa shape index (κ3) is 3.35. The standard InChI is InChI=1S/C22H26N2O3/c1-15-8-6-9-17(14-15)20(25)22(12-4-5-13-22)24(23)21(26)18-10-7-11-19(27-3)16(18)2/h6-11,14H,4-5,12-13,23H2,1-3H3. The van der Waals surface area contributed by atoms with E-state index in [0.717, 1.165) is 24.0 Å². The number of nitrogens with zero attached hydrogens (tertiary/aromatic N) is 1. The minimum atomic E-state index is -1.000. The molecule has 0 unspecified atom stereocenters. The molecule has 0 heterocycles.